The van der Waals surface area contributed by atoms with Crippen LogP contribution in [0.3, 0.4) is 0 Å². The fourth-order valence-electron chi connectivity index (χ4n) is 3.38. The molecule has 0 spiro atoms. The number of hydrogen-bond donors (Lipinski definition) is 3. The van der Waals surface area contributed by atoms with Crippen molar-refractivity contribution in [2.45, 2.75) is 63.4 Å². The van der Waals surface area contributed by atoms with Gasteiger partial charge in [-0.15, -0.1) is 0 Å². The van der Waals surface area contributed by atoms with Gasteiger partial charge in [-0.2, -0.15) is 0 Å². The van der Waals surface area contributed by atoms with Crippen LogP contribution >= 0.6 is 0 Å². The largest absolute Gasteiger partial charge is 0.335 e. The number of sulfonamides is 1. The van der Waals surface area contributed by atoms with Gasteiger partial charge in [0.2, 0.25) is 10.0 Å². The number of benzene rings is 1. The van der Waals surface area contributed by atoms with Gasteiger partial charge in [-0.3, -0.25) is 0 Å². The number of amides is 2. The van der Waals surface area contributed by atoms with Crippen molar-refractivity contribution in [1.82, 2.24) is 10.6 Å². The summed E-state index contributed by atoms with van der Waals surface area (Å²) in [6.07, 6.45) is 4.36. The predicted molar refractivity (Wildman–Crippen MR) is 98.5 cm³/mol. The van der Waals surface area contributed by atoms with Gasteiger partial charge in [0.15, 0.2) is 0 Å². The Labute approximate surface area is 150 Å². The predicted octanol–water partition coefficient (Wildman–Crippen LogP) is 2.91. The Bertz CT molecular complexity index is 678. The van der Waals surface area contributed by atoms with Gasteiger partial charge in [-0.05, 0) is 62.1 Å². The van der Waals surface area contributed by atoms with E-state index in [4.69, 9.17) is 5.14 Å². The molecule has 0 bridgehead atoms. The Morgan fingerprint density at radius 1 is 1.08 bits per heavy atom. The molecule has 0 heterocycles. The topological polar surface area (TPSA) is 101 Å². The fraction of sp³-hybridized carbons (Fsp3) is 0.611. The van der Waals surface area contributed by atoms with E-state index in [1.807, 2.05) is 6.92 Å². The van der Waals surface area contributed by atoms with Gasteiger partial charge < -0.3 is 10.6 Å². The average molecular weight is 368 g/mol. The van der Waals surface area contributed by atoms with Gasteiger partial charge in [0.25, 0.3) is 0 Å². The first kappa shape index (κ1) is 19.7. The summed E-state index contributed by atoms with van der Waals surface area (Å²) in [5.41, 5.74) is 0.825. The van der Waals surface area contributed by atoms with Crippen LogP contribution in [0.1, 0.15) is 58.1 Å². The molecule has 140 valence electrons. The molecule has 0 aliphatic heterocycles. The van der Waals surface area contributed by atoms with Crippen LogP contribution in [0.4, 0.5) is 4.79 Å². The molecule has 1 atom stereocenters. The van der Waals surface area contributed by atoms with Crippen molar-refractivity contribution >= 4 is 16.1 Å². The smallest absolute Gasteiger partial charge is 0.315 e. The Hall–Kier alpha value is -1.60. The van der Waals surface area contributed by atoms with E-state index in [9.17, 15) is 13.2 Å². The number of nitrogens with one attached hydrogen (secondary N) is 2. The maximum Gasteiger partial charge on any atom is 0.315 e. The lowest BCUT2D eigenvalue weighted by Crippen LogP contribution is -2.44. The molecule has 0 radical (unpaired) electrons. The highest BCUT2D eigenvalue weighted by Crippen LogP contribution is 2.29. The van der Waals surface area contributed by atoms with Crippen LogP contribution in [0.2, 0.25) is 0 Å². The summed E-state index contributed by atoms with van der Waals surface area (Å²) in [7, 11) is -3.70. The lowest BCUT2D eigenvalue weighted by Gasteiger charge is -2.31. The summed E-state index contributed by atoms with van der Waals surface area (Å²) < 4.78 is 22.6. The van der Waals surface area contributed by atoms with Gasteiger partial charge in [-0.25, -0.2) is 18.4 Å². The van der Waals surface area contributed by atoms with Gasteiger partial charge in [0, 0.05) is 6.04 Å². The van der Waals surface area contributed by atoms with Crippen molar-refractivity contribution in [3.8, 4) is 0 Å². The second kappa shape index (κ2) is 8.19. The van der Waals surface area contributed by atoms with Crippen LogP contribution in [0.25, 0.3) is 0 Å². The number of primary sulfonamides is 1. The summed E-state index contributed by atoms with van der Waals surface area (Å²) in [4.78, 5) is 12.3. The lowest BCUT2D eigenvalue weighted by atomic mass is 9.80. The monoisotopic (exact) mass is 367 g/mol. The minimum absolute atomic E-state index is 0.0646. The normalized spacial score (nSPS) is 22.4. The van der Waals surface area contributed by atoms with Crippen LogP contribution in [0.15, 0.2) is 29.2 Å². The summed E-state index contributed by atoms with van der Waals surface area (Å²) in [6, 6.07) is 6.06. The zero-order valence-corrected chi connectivity index (χ0v) is 16.0. The Morgan fingerprint density at radius 3 is 2.12 bits per heavy atom. The van der Waals surface area contributed by atoms with E-state index >= 15 is 0 Å². The highest BCUT2D eigenvalue weighted by atomic mass is 32.2. The van der Waals surface area contributed by atoms with Crippen molar-refractivity contribution in [2.75, 3.05) is 0 Å². The van der Waals surface area contributed by atoms with Crippen LogP contribution in [0, 0.1) is 11.8 Å². The molecule has 1 fully saturated rings. The second-order valence-electron chi connectivity index (χ2n) is 7.31. The number of rotatable bonds is 5. The first-order valence-electron chi connectivity index (χ1n) is 8.86. The third-order valence-electron chi connectivity index (χ3n) is 5.11. The van der Waals surface area contributed by atoms with E-state index in [0.29, 0.717) is 5.92 Å². The Kier molecular flexibility index (Phi) is 6.46. The molecule has 1 aliphatic carbocycles. The number of carbonyl (C=O) groups excluding carboxylic acids is 1. The van der Waals surface area contributed by atoms with Gasteiger partial charge >= 0.3 is 6.03 Å². The molecular weight excluding hydrogens is 338 g/mol. The van der Waals surface area contributed by atoms with Crippen LogP contribution in [-0.4, -0.2) is 20.5 Å². The van der Waals surface area contributed by atoms with Crippen molar-refractivity contribution in [2.24, 2.45) is 17.0 Å². The second-order valence-corrected chi connectivity index (χ2v) is 8.87. The maximum atomic E-state index is 12.2. The third kappa shape index (κ3) is 5.71. The first-order chi connectivity index (χ1) is 11.7. The Balaban J connectivity index is 1.84. The molecular formula is C18H29N3O3S. The highest BCUT2D eigenvalue weighted by molar-refractivity contribution is 7.89. The van der Waals surface area contributed by atoms with Crippen LogP contribution in [0.5, 0.6) is 0 Å². The molecule has 1 aromatic rings. The van der Waals surface area contributed by atoms with Crippen molar-refractivity contribution in [1.29, 1.82) is 0 Å². The molecule has 25 heavy (non-hydrogen) atoms. The molecule has 1 aromatic carbocycles. The average Bonchev–Trinajstić information content (AvgIpc) is 2.54. The summed E-state index contributed by atoms with van der Waals surface area (Å²) >= 11 is 0. The molecule has 0 saturated heterocycles. The Morgan fingerprint density at radius 2 is 1.64 bits per heavy atom. The molecule has 1 saturated carbocycles. The van der Waals surface area contributed by atoms with Gasteiger partial charge in [0.05, 0.1) is 10.9 Å². The van der Waals surface area contributed by atoms with Crippen LogP contribution < -0.4 is 15.8 Å². The molecule has 7 heteroatoms. The fourth-order valence-corrected chi connectivity index (χ4v) is 3.90. The molecule has 4 N–H and O–H groups in total. The standard InChI is InChI=1S/C18H29N3O3S/c1-12(2)14-4-8-16(9-5-14)21-18(22)20-13(3)15-6-10-17(11-7-15)25(19,23)24/h6-7,10-14,16H,4-5,8-9H2,1-3H3,(H2,19,23,24)(H2,20,21,22). The van der Waals surface area contributed by atoms with E-state index in [1.165, 1.54) is 12.1 Å². The van der Waals surface area contributed by atoms with E-state index in [0.717, 1.165) is 37.2 Å². The number of urea groups is 1. The summed E-state index contributed by atoms with van der Waals surface area (Å²) in [5.74, 6) is 1.47. The number of hydrogen-bond acceptors (Lipinski definition) is 3. The van der Waals surface area contributed by atoms with Crippen molar-refractivity contribution < 1.29 is 13.2 Å². The van der Waals surface area contributed by atoms with E-state index in [-0.39, 0.29) is 23.0 Å². The third-order valence-corrected chi connectivity index (χ3v) is 6.04. The molecule has 2 rings (SSSR count). The van der Waals surface area contributed by atoms with E-state index in [1.54, 1.807) is 12.1 Å². The minimum atomic E-state index is -3.70. The minimum Gasteiger partial charge on any atom is -0.335 e. The highest BCUT2D eigenvalue weighted by Gasteiger charge is 2.24. The molecule has 1 aliphatic rings. The molecule has 0 aromatic heterocycles. The summed E-state index contributed by atoms with van der Waals surface area (Å²) in [5, 5.41) is 11.0. The van der Waals surface area contributed by atoms with Crippen molar-refractivity contribution in [3.05, 3.63) is 29.8 Å². The lowest BCUT2D eigenvalue weighted by molar-refractivity contribution is 0.214. The first-order valence-corrected chi connectivity index (χ1v) is 10.4. The van der Waals surface area contributed by atoms with E-state index < -0.39 is 10.0 Å². The van der Waals surface area contributed by atoms with Crippen molar-refractivity contribution in [3.63, 3.8) is 0 Å². The molecule has 6 nitrogen and oxygen atoms in total. The maximum absolute atomic E-state index is 12.2. The van der Waals surface area contributed by atoms with Gasteiger partial charge in [0.1, 0.15) is 0 Å². The zero-order valence-electron chi connectivity index (χ0n) is 15.2. The molecule has 1 unspecified atom stereocenters. The summed E-state index contributed by atoms with van der Waals surface area (Å²) in [6.45, 7) is 6.38. The quantitative estimate of drug-likeness (QED) is 0.746. The number of nitrogens with two attached hydrogens (primary N) is 1. The number of carbonyl (C=O) groups is 1. The van der Waals surface area contributed by atoms with Crippen LogP contribution in [-0.2, 0) is 10.0 Å². The zero-order chi connectivity index (χ0) is 18.6. The van der Waals surface area contributed by atoms with Gasteiger partial charge in [-0.1, -0.05) is 26.0 Å². The van der Waals surface area contributed by atoms with E-state index in [2.05, 4.69) is 24.5 Å². The molecule has 2 amide bonds. The SMILES string of the molecule is CC(NC(=O)NC1CCC(C(C)C)CC1)c1ccc(S(N)(=O)=O)cc1.